The molecule has 0 bridgehead atoms. The summed E-state index contributed by atoms with van der Waals surface area (Å²) in [5, 5.41) is 13.5. The van der Waals surface area contributed by atoms with Gasteiger partial charge in [0, 0.05) is 22.7 Å². The zero-order chi connectivity index (χ0) is 20.3. The van der Waals surface area contributed by atoms with Gasteiger partial charge in [0.15, 0.2) is 5.82 Å². The lowest BCUT2D eigenvalue weighted by molar-refractivity contribution is -0.123. The maximum atomic E-state index is 15.3. The first-order valence-electron chi connectivity index (χ1n) is 9.07. The summed E-state index contributed by atoms with van der Waals surface area (Å²) in [6.45, 7) is 5.42. The van der Waals surface area contributed by atoms with Gasteiger partial charge in [0.25, 0.3) is 0 Å². The summed E-state index contributed by atoms with van der Waals surface area (Å²) in [7, 11) is 0. The van der Waals surface area contributed by atoms with Gasteiger partial charge in [-0.2, -0.15) is 0 Å². The molecule has 5 heteroatoms. The predicted molar refractivity (Wildman–Crippen MR) is 108 cm³/mol. The molecule has 0 radical (unpaired) electrons. The van der Waals surface area contributed by atoms with Crippen molar-refractivity contribution < 1.29 is 14.3 Å². The number of pyridine rings is 1. The molecule has 1 unspecified atom stereocenters. The number of aliphatic hydroxyl groups excluding tert-OH is 1. The predicted octanol–water partition coefficient (Wildman–Crippen LogP) is 4.95. The topological polar surface area (TPSA) is 62.2 Å². The Labute approximate surface area is 164 Å². The highest BCUT2D eigenvalue weighted by atomic mass is 19.1. The lowest BCUT2D eigenvalue weighted by atomic mass is 9.95. The van der Waals surface area contributed by atoms with Crippen molar-refractivity contribution in [2.24, 2.45) is 5.41 Å². The Balaban J connectivity index is 2.03. The number of rotatable bonds is 4. The SMILES string of the molecule is CC(C)(C)C(=O)Nc1ccccc1-c1nccc(C(O)c2ccccc2)c1F. The van der Waals surface area contributed by atoms with E-state index in [1.54, 1.807) is 69.3 Å². The molecule has 3 aromatic rings. The van der Waals surface area contributed by atoms with Crippen molar-refractivity contribution in [1.82, 2.24) is 4.98 Å². The molecule has 0 saturated carbocycles. The van der Waals surface area contributed by atoms with E-state index in [9.17, 15) is 9.90 Å². The minimum atomic E-state index is -1.11. The molecule has 1 heterocycles. The number of hydrogen-bond acceptors (Lipinski definition) is 3. The molecule has 0 saturated heterocycles. The number of para-hydroxylation sites is 1. The number of benzene rings is 2. The van der Waals surface area contributed by atoms with Gasteiger partial charge in [-0.15, -0.1) is 0 Å². The molecule has 1 aromatic heterocycles. The van der Waals surface area contributed by atoms with E-state index in [1.165, 1.54) is 12.3 Å². The van der Waals surface area contributed by atoms with Gasteiger partial charge in [-0.1, -0.05) is 69.3 Å². The van der Waals surface area contributed by atoms with Gasteiger partial charge in [0.2, 0.25) is 5.91 Å². The van der Waals surface area contributed by atoms with E-state index >= 15 is 4.39 Å². The molecular weight excluding hydrogens is 355 g/mol. The van der Waals surface area contributed by atoms with Crippen LogP contribution in [0.25, 0.3) is 11.3 Å². The summed E-state index contributed by atoms with van der Waals surface area (Å²) in [6, 6.07) is 17.3. The third kappa shape index (κ3) is 4.10. The Hall–Kier alpha value is -3.05. The standard InChI is InChI=1S/C23H23FN2O2/c1-23(2,3)22(28)26-18-12-8-7-11-16(18)20-19(24)17(13-14-25-20)21(27)15-9-5-4-6-10-15/h4-14,21,27H,1-3H3,(H,26,28). The van der Waals surface area contributed by atoms with Crippen LogP contribution in [0.2, 0.25) is 0 Å². The van der Waals surface area contributed by atoms with E-state index in [0.717, 1.165) is 0 Å². The molecule has 2 aromatic carbocycles. The van der Waals surface area contributed by atoms with E-state index in [1.807, 2.05) is 6.07 Å². The maximum absolute atomic E-state index is 15.3. The number of carbonyl (C=O) groups is 1. The quantitative estimate of drug-likeness (QED) is 0.675. The average Bonchev–Trinajstić information content (AvgIpc) is 2.68. The van der Waals surface area contributed by atoms with Crippen LogP contribution in [0.1, 0.15) is 38.0 Å². The van der Waals surface area contributed by atoms with E-state index in [-0.39, 0.29) is 17.2 Å². The van der Waals surface area contributed by atoms with Gasteiger partial charge >= 0.3 is 0 Å². The molecule has 1 atom stereocenters. The first-order valence-corrected chi connectivity index (χ1v) is 9.07. The smallest absolute Gasteiger partial charge is 0.229 e. The Bertz CT molecular complexity index is 981. The largest absolute Gasteiger partial charge is 0.384 e. The van der Waals surface area contributed by atoms with Gasteiger partial charge < -0.3 is 10.4 Å². The molecular formula is C23H23FN2O2. The highest BCUT2D eigenvalue weighted by molar-refractivity contribution is 5.98. The fourth-order valence-electron chi connectivity index (χ4n) is 2.78. The fourth-order valence-corrected chi connectivity index (χ4v) is 2.78. The summed E-state index contributed by atoms with van der Waals surface area (Å²) in [6.07, 6.45) is 0.349. The monoisotopic (exact) mass is 378 g/mol. The zero-order valence-corrected chi connectivity index (χ0v) is 16.1. The lowest BCUT2D eigenvalue weighted by Crippen LogP contribution is -2.27. The van der Waals surface area contributed by atoms with Crippen molar-refractivity contribution in [3.05, 3.63) is 83.8 Å². The Morgan fingerprint density at radius 2 is 1.68 bits per heavy atom. The molecule has 0 spiro atoms. The van der Waals surface area contributed by atoms with Gasteiger partial charge in [0.1, 0.15) is 11.8 Å². The van der Waals surface area contributed by atoms with Crippen LogP contribution >= 0.6 is 0 Å². The van der Waals surface area contributed by atoms with Gasteiger partial charge in [-0.3, -0.25) is 9.78 Å². The first-order chi connectivity index (χ1) is 13.3. The number of aromatic nitrogens is 1. The molecule has 2 N–H and O–H groups in total. The summed E-state index contributed by atoms with van der Waals surface area (Å²) in [5.74, 6) is -0.794. The molecule has 3 rings (SSSR count). The summed E-state index contributed by atoms with van der Waals surface area (Å²) in [4.78, 5) is 16.6. The second-order valence-electron chi connectivity index (χ2n) is 7.63. The van der Waals surface area contributed by atoms with Gasteiger partial charge in [-0.25, -0.2) is 4.39 Å². The number of amides is 1. The van der Waals surface area contributed by atoms with E-state index in [4.69, 9.17) is 0 Å². The Kier molecular flexibility index (Phi) is 5.56. The first kappa shape index (κ1) is 19.7. The van der Waals surface area contributed by atoms with Crippen LogP contribution in [0.15, 0.2) is 66.9 Å². The van der Waals surface area contributed by atoms with Crippen molar-refractivity contribution in [2.45, 2.75) is 26.9 Å². The van der Waals surface area contributed by atoms with Crippen molar-refractivity contribution in [3.63, 3.8) is 0 Å². The molecule has 28 heavy (non-hydrogen) atoms. The van der Waals surface area contributed by atoms with Crippen molar-refractivity contribution >= 4 is 11.6 Å². The molecule has 0 aliphatic heterocycles. The average molecular weight is 378 g/mol. The van der Waals surface area contributed by atoms with E-state index in [2.05, 4.69) is 10.3 Å². The number of aliphatic hydroxyl groups is 1. The fraction of sp³-hybridized carbons (Fsp3) is 0.217. The van der Waals surface area contributed by atoms with Crippen LogP contribution in [0, 0.1) is 11.2 Å². The molecule has 0 aliphatic rings. The lowest BCUT2D eigenvalue weighted by Gasteiger charge is -2.20. The van der Waals surface area contributed by atoms with Crippen LogP contribution in [-0.2, 0) is 4.79 Å². The number of halogens is 1. The van der Waals surface area contributed by atoms with E-state index in [0.29, 0.717) is 16.8 Å². The highest BCUT2D eigenvalue weighted by Crippen LogP contribution is 2.33. The third-order valence-electron chi connectivity index (χ3n) is 4.44. The summed E-state index contributed by atoms with van der Waals surface area (Å²) < 4.78 is 15.3. The van der Waals surface area contributed by atoms with Gasteiger partial charge in [0.05, 0.1) is 5.69 Å². The number of carbonyl (C=O) groups excluding carboxylic acids is 1. The van der Waals surface area contributed by atoms with Crippen LogP contribution in [-0.4, -0.2) is 16.0 Å². The van der Waals surface area contributed by atoms with Crippen LogP contribution in [0.5, 0.6) is 0 Å². The normalized spacial score (nSPS) is 12.5. The van der Waals surface area contributed by atoms with Crippen molar-refractivity contribution in [3.8, 4) is 11.3 Å². The zero-order valence-electron chi connectivity index (χ0n) is 16.1. The molecule has 4 nitrogen and oxygen atoms in total. The second kappa shape index (κ2) is 7.90. The summed E-state index contributed by atoms with van der Waals surface area (Å²) in [5.41, 5.74) is 1.14. The molecule has 0 fully saturated rings. The van der Waals surface area contributed by atoms with Crippen LogP contribution in [0.3, 0.4) is 0 Å². The number of nitrogens with one attached hydrogen (secondary N) is 1. The molecule has 0 aliphatic carbocycles. The minimum absolute atomic E-state index is 0.0808. The maximum Gasteiger partial charge on any atom is 0.229 e. The minimum Gasteiger partial charge on any atom is -0.384 e. The van der Waals surface area contributed by atoms with Crippen LogP contribution in [0.4, 0.5) is 10.1 Å². The number of anilines is 1. The van der Waals surface area contributed by atoms with Gasteiger partial charge in [-0.05, 0) is 17.7 Å². The number of nitrogens with zero attached hydrogens (tertiary/aromatic N) is 1. The second-order valence-corrected chi connectivity index (χ2v) is 7.63. The molecule has 144 valence electrons. The van der Waals surface area contributed by atoms with Crippen molar-refractivity contribution in [2.75, 3.05) is 5.32 Å². The number of hydrogen-bond donors (Lipinski definition) is 2. The summed E-state index contributed by atoms with van der Waals surface area (Å²) >= 11 is 0. The van der Waals surface area contributed by atoms with Crippen molar-refractivity contribution in [1.29, 1.82) is 0 Å². The van der Waals surface area contributed by atoms with E-state index < -0.39 is 17.3 Å². The highest BCUT2D eigenvalue weighted by Gasteiger charge is 2.24. The molecule has 1 amide bonds. The third-order valence-corrected chi connectivity index (χ3v) is 4.44. The Morgan fingerprint density at radius 1 is 1.04 bits per heavy atom. The Morgan fingerprint density at radius 3 is 2.36 bits per heavy atom. The van der Waals surface area contributed by atoms with Crippen LogP contribution < -0.4 is 5.32 Å².